The Morgan fingerprint density at radius 1 is 0.412 bits per heavy atom. The molecule has 1 aliphatic rings. The van der Waals surface area contributed by atoms with Crippen LogP contribution in [-0.2, 0) is 49.5 Å². The summed E-state index contributed by atoms with van der Waals surface area (Å²) in [7, 11) is 0. The summed E-state index contributed by atoms with van der Waals surface area (Å²) in [6, 6.07) is 14.4. The largest absolute Gasteiger partial charge is 0.449 e. The highest BCUT2D eigenvalue weighted by atomic mass is 16.5. The van der Waals surface area contributed by atoms with Crippen LogP contribution >= 0.6 is 0 Å². The van der Waals surface area contributed by atoms with Gasteiger partial charge in [-0.2, -0.15) is 0 Å². The van der Waals surface area contributed by atoms with E-state index in [1.165, 1.54) is 0 Å². The van der Waals surface area contributed by atoms with Crippen molar-refractivity contribution in [2.75, 3.05) is 39.3 Å². The second-order valence-corrected chi connectivity index (χ2v) is 20.7. The van der Waals surface area contributed by atoms with E-state index in [2.05, 4.69) is 42.5 Å². The van der Waals surface area contributed by atoms with Crippen molar-refractivity contribution in [1.29, 1.82) is 0 Å². The van der Waals surface area contributed by atoms with Crippen LogP contribution in [0.15, 0.2) is 78.9 Å². The van der Waals surface area contributed by atoms with E-state index in [-0.39, 0.29) is 108 Å². The highest BCUT2D eigenvalue weighted by Crippen LogP contribution is 2.44. The molecule has 24 heteroatoms. The maximum absolute atomic E-state index is 14.4. The zero-order valence-electron chi connectivity index (χ0n) is 46.3. The van der Waals surface area contributed by atoms with Crippen molar-refractivity contribution in [1.82, 2.24) is 42.5 Å². The molecular formula is C56H84N14O10. The van der Waals surface area contributed by atoms with E-state index in [9.17, 15) is 43.2 Å². The number of primary amides is 1. The van der Waals surface area contributed by atoms with Crippen molar-refractivity contribution < 1.29 is 47.9 Å². The molecule has 0 aliphatic heterocycles. The first-order valence-electron chi connectivity index (χ1n) is 27.3. The SMILES string of the molecule is CC(C)C[C@H](NC(=O)[C@H](CCN)NC(=O)[C@H](CCN)NC(=O)[C@@H](Cc1ccccc1)NC(=O)[C@H](CC(C)C)NC(=O)[C@H](CCN)NC(=O)[C@H](CCN)NC(=O)[C@@H](CCN)NC(=O)OCC1c2ccccc2-c2ccccc21)C(N)=O. The third kappa shape index (κ3) is 20.0. The Labute approximate surface area is 467 Å². The zero-order valence-corrected chi connectivity index (χ0v) is 46.3. The summed E-state index contributed by atoms with van der Waals surface area (Å²) in [5.41, 5.74) is 39.6. The average Bonchev–Trinajstić information content (AvgIpc) is 3.93. The number of rotatable bonds is 34. The first-order valence-corrected chi connectivity index (χ1v) is 27.3. The quantitative estimate of drug-likeness (QED) is 0.0336. The van der Waals surface area contributed by atoms with Crippen molar-refractivity contribution in [3.8, 4) is 11.1 Å². The van der Waals surface area contributed by atoms with Gasteiger partial charge in [0.25, 0.3) is 0 Å². The number of nitrogens with two attached hydrogens (primary N) is 6. The molecule has 0 fully saturated rings. The molecule has 1 aliphatic carbocycles. The lowest BCUT2D eigenvalue weighted by Crippen LogP contribution is -2.61. The molecule has 20 N–H and O–H groups in total. The number of fused-ring (bicyclic) bond motifs is 3. The standard InChI is InChI=1S/C56H84N14O10/c1-32(2)28-45(48(62)71)67-51(74)42(20-25-59)63-50(73)41(19-24-58)66-55(78)47(30-34-12-6-5-7-13-34)69-54(77)46(29-33(3)4)68-52(75)43(21-26-60)64-49(72)40(18-23-57)65-53(76)44(22-27-61)70-56(79)80-31-39-37-16-10-8-14-35(37)36-15-9-11-17-38(36)39/h5-17,32-33,39-47H,18-31,57-61H2,1-4H3,(H2,62,71)(H,63,73)(H,64,72)(H,65,76)(H,66,78)(H,67,74)(H,68,75)(H,69,77)(H,70,79)/t40-,41-,42-,43-,44+,45-,46-,47+/m0/s1. The minimum absolute atomic E-state index is 0.00324. The van der Waals surface area contributed by atoms with E-state index in [1.807, 2.05) is 76.2 Å². The van der Waals surface area contributed by atoms with Crippen LogP contribution in [-0.4, -0.2) is 141 Å². The smallest absolute Gasteiger partial charge is 0.407 e. The van der Waals surface area contributed by atoms with Crippen molar-refractivity contribution in [2.24, 2.45) is 46.2 Å². The number of ether oxygens (including phenoxy) is 1. The van der Waals surface area contributed by atoms with E-state index >= 15 is 0 Å². The minimum Gasteiger partial charge on any atom is -0.449 e. The van der Waals surface area contributed by atoms with Crippen LogP contribution in [0.25, 0.3) is 11.1 Å². The normalized spacial score (nSPS) is 14.8. The molecule has 0 radical (unpaired) electrons. The van der Waals surface area contributed by atoms with Gasteiger partial charge in [-0.1, -0.05) is 107 Å². The van der Waals surface area contributed by atoms with Crippen molar-refractivity contribution in [3.05, 3.63) is 95.6 Å². The van der Waals surface area contributed by atoms with Gasteiger partial charge in [-0.05, 0) is 117 Å². The molecule has 80 heavy (non-hydrogen) atoms. The van der Waals surface area contributed by atoms with Gasteiger partial charge in [0.2, 0.25) is 47.3 Å². The number of nitrogens with one attached hydrogen (secondary N) is 8. The molecule has 0 saturated carbocycles. The van der Waals surface area contributed by atoms with Crippen LogP contribution in [0.4, 0.5) is 4.79 Å². The Morgan fingerprint density at radius 2 is 0.725 bits per heavy atom. The molecule has 3 aromatic rings. The van der Waals surface area contributed by atoms with Crippen LogP contribution in [0.3, 0.4) is 0 Å². The Morgan fingerprint density at radius 3 is 1.11 bits per heavy atom. The van der Waals surface area contributed by atoms with Crippen molar-refractivity contribution >= 4 is 53.4 Å². The lowest BCUT2D eigenvalue weighted by Gasteiger charge is -2.28. The van der Waals surface area contributed by atoms with Crippen molar-refractivity contribution in [3.63, 3.8) is 0 Å². The van der Waals surface area contributed by atoms with Crippen LogP contribution in [0, 0.1) is 11.8 Å². The molecule has 0 spiro atoms. The van der Waals surface area contributed by atoms with Gasteiger partial charge >= 0.3 is 6.09 Å². The van der Waals surface area contributed by atoms with Gasteiger partial charge in [0.15, 0.2) is 0 Å². The van der Waals surface area contributed by atoms with Gasteiger partial charge in [0, 0.05) is 12.3 Å². The van der Waals surface area contributed by atoms with Gasteiger partial charge < -0.3 is 81.7 Å². The highest BCUT2D eigenvalue weighted by Gasteiger charge is 2.36. The molecule has 0 saturated heterocycles. The maximum Gasteiger partial charge on any atom is 0.407 e. The fourth-order valence-electron chi connectivity index (χ4n) is 9.35. The molecule has 0 heterocycles. The maximum atomic E-state index is 14.4. The number of carbonyl (C=O) groups is 9. The number of amides is 9. The number of hydrogen-bond acceptors (Lipinski definition) is 15. The first kappa shape index (κ1) is 65.0. The number of benzene rings is 3. The molecule has 24 nitrogen and oxygen atoms in total. The van der Waals surface area contributed by atoms with E-state index < -0.39 is 102 Å². The van der Waals surface area contributed by atoms with Gasteiger partial charge in [0.05, 0.1) is 0 Å². The zero-order chi connectivity index (χ0) is 58.9. The van der Waals surface area contributed by atoms with Gasteiger partial charge in [-0.15, -0.1) is 0 Å². The molecule has 0 unspecified atom stereocenters. The van der Waals surface area contributed by atoms with Crippen LogP contribution in [0.1, 0.15) is 95.2 Å². The second kappa shape index (κ2) is 33.2. The summed E-state index contributed by atoms with van der Waals surface area (Å²) in [6.07, 6.45) is -0.914. The Balaban J connectivity index is 1.46. The molecule has 3 aromatic carbocycles. The fourth-order valence-corrected chi connectivity index (χ4v) is 9.35. The summed E-state index contributed by atoms with van der Waals surface area (Å²) < 4.78 is 5.66. The highest BCUT2D eigenvalue weighted by molar-refractivity contribution is 5.98. The lowest BCUT2D eigenvalue weighted by atomic mass is 9.98. The monoisotopic (exact) mass is 1110 g/mol. The van der Waals surface area contributed by atoms with E-state index in [0.29, 0.717) is 5.56 Å². The third-order valence-electron chi connectivity index (χ3n) is 13.4. The average molecular weight is 1110 g/mol. The van der Waals surface area contributed by atoms with E-state index in [1.54, 1.807) is 30.3 Å². The van der Waals surface area contributed by atoms with Crippen LogP contribution < -0.4 is 76.9 Å². The molecule has 0 bridgehead atoms. The lowest BCUT2D eigenvalue weighted by molar-refractivity contribution is -0.136. The number of hydrogen-bond donors (Lipinski definition) is 14. The minimum atomic E-state index is -1.33. The molecule has 8 atom stereocenters. The summed E-state index contributed by atoms with van der Waals surface area (Å²) in [5, 5.41) is 21.2. The summed E-state index contributed by atoms with van der Waals surface area (Å²) in [5.74, 6) is -6.59. The predicted octanol–water partition coefficient (Wildman–Crippen LogP) is -1.15. The number of alkyl carbamates (subject to hydrolysis) is 1. The van der Waals surface area contributed by atoms with Gasteiger partial charge in [-0.3, -0.25) is 38.4 Å². The van der Waals surface area contributed by atoms with E-state index in [4.69, 9.17) is 39.1 Å². The first-order chi connectivity index (χ1) is 38.2. The van der Waals surface area contributed by atoms with Gasteiger partial charge in [0.1, 0.15) is 54.9 Å². The second-order valence-electron chi connectivity index (χ2n) is 20.7. The third-order valence-corrected chi connectivity index (χ3v) is 13.4. The summed E-state index contributed by atoms with van der Waals surface area (Å²) in [6.45, 7) is 7.05. The molecular weight excluding hydrogens is 1030 g/mol. The van der Waals surface area contributed by atoms with Crippen LogP contribution in [0.5, 0.6) is 0 Å². The summed E-state index contributed by atoms with van der Waals surface area (Å²) >= 11 is 0. The summed E-state index contributed by atoms with van der Waals surface area (Å²) in [4.78, 5) is 123. The Bertz CT molecular complexity index is 2510. The number of carbonyl (C=O) groups excluding carboxylic acids is 9. The van der Waals surface area contributed by atoms with Crippen LogP contribution in [0.2, 0.25) is 0 Å². The topological polar surface area (TPSA) is 415 Å². The fraction of sp³-hybridized carbons (Fsp3) is 0.518. The molecule has 9 amide bonds. The van der Waals surface area contributed by atoms with E-state index in [0.717, 1.165) is 22.3 Å². The molecule has 0 aromatic heterocycles. The molecule has 4 rings (SSSR count). The predicted molar refractivity (Wildman–Crippen MR) is 302 cm³/mol. The molecule has 438 valence electrons. The Hall–Kier alpha value is -7.51. The Kier molecular flexibility index (Phi) is 27.0. The van der Waals surface area contributed by atoms with Crippen molar-refractivity contribution in [2.45, 2.75) is 133 Å². The van der Waals surface area contributed by atoms with Gasteiger partial charge in [-0.25, -0.2) is 4.79 Å².